The van der Waals surface area contributed by atoms with Gasteiger partial charge < -0.3 is 14.7 Å². The molecule has 2 heterocycles. The van der Waals surface area contributed by atoms with E-state index in [1.54, 1.807) is 32.2 Å². The minimum atomic E-state index is -3.63. The maximum Gasteiger partial charge on any atom is 0.215 e. The van der Waals surface area contributed by atoms with Gasteiger partial charge in [0.25, 0.3) is 0 Å². The summed E-state index contributed by atoms with van der Waals surface area (Å²) in [5.41, 5.74) is 1.30. The largest absolute Gasteiger partial charge is 0.411 e. The van der Waals surface area contributed by atoms with Gasteiger partial charge in [0.1, 0.15) is 9.81 Å². The van der Waals surface area contributed by atoms with E-state index in [9.17, 15) is 8.42 Å². The van der Waals surface area contributed by atoms with Crippen LogP contribution in [-0.2, 0) is 24.9 Å². The predicted octanol–water partition coefficient (Wildman–Crippen LogP) is 3.43. The molecule has 8 heteroatoms. The number of hydrogen-bond acceptors (Lipinski definition) is 7. The molecule has 26 heavy (non-hydrogen) atoms. The molecule has 1 aromatic heterocycles. The minimum absolute atomic E-state index is 0.141. The van der Waals surface area contributed by atoms with Crippen molar-refractivity contribution in [2.75, 3.05) is 13.7 Å². The van der Waals surface area contributed by atoms with Crippen molar-refractivity contribution in [3.05, 3.63) is 46.8 Å². The summed E-state index contributed by atoms with van der Waals surface area (Å²) < 4.78 is 37.5. The SMILES string of the molecule is CO[C@]1(c2csc(S(=O)(=O)c3ccc(/C(C)=N/O)cc3)c2)CCO[C@@H]1C. The zero-order valence-electron chi connectivity index (χ0n) is 14.8. The van der Waals surface area contributed by atoms with Crippen LogP contribution in [0.2, 0.25) is 0 Å². The molecule has 0 bridgehead atoms. The lowest BCUT2D eigenvalue weighted by Gasteiger charge is -2.30. The highest BCUT2D eigenvalue weighted by molar-refractivity contribution is 7.93. The zero-order chi connectivity index (χ0) is 18.9. The normalized spacial score (nSPS) is 24.1. The van der Waals surface area contributed by atoms with Crippen molar-refractivity contribution in [1.82, 2.24) is 0 Å². The number of rotatable bonds is 5. The summed E-state index contributed by atoms with van der Waals surface area (Å²) in [6.45, 7) is 4.16. The average Bonchev–Trinajstić information content (AvgIpc) is 3.29. The maximum absolute atomic E-state index is 12.9. The van der Waals surface area contributed by atoms with Crippen molar-refractivity contribution in [3.63, 3.8) is 0 Å². The lowest BCUT2D eigenvalue weighted by molar-refractivity contribution is -0.0645. The van der Waals surface area contributed by atoms with Crippen molar-refractivity contribution in [1.29, 1.82) is 0 Å². The Morgan fingerprint density at radius 1 is 1.38 bits per heavy atom. The van der Waals surface area contributed by atoms with Crippen LogP contribution in [0.1, 0.15) is 31.4 Å². The molecule has 0 radical (unpaired) electrons. The van der Waals surface area contributed by atoms with Gasteiger partial charge in [-0.25, -0.2) is 8.42 Å². The summed E-state index contributed by atoms with van der Waals surface area (Å²) >= 11 is 1.18. The fourth-order valence-corrected chi connectivity index (χ4v) is 5.87. The first kappa shape index (κ1) is 19.0. The molecule has 6 nitrogen and oxygen atoms in total. The van der Waals surface area contributed by atoms with Crippen molar-refractivity contribution >= 4 is 26.9 Å². The Hall–Kier alpha value is -1.74. The lowest BCUT2D eigenvalue weighted by atomic mass is 9.90. The van der Waals surface area contributed by atoms with Crippen LogP contribution in [0.25, 0.3) is 0 Å². The van der Waals surface area contributed by atoms with Gasteiger partial charge in [-0.3, -0.25) is 0 Å². The Labute approximate surface area is 157 Å². The first-order chi connectivity index (χ1) is 12.3. The molecule has 0 unspecified atom stereocenters. The van der Waals surface area contributed by atoms with E-state index in [2.05, 4.69) is 5.16 Å². The number of oxime groups is 1. The third kappa shape index (κ3) is 3.07. The smallest absolute Gasteiger partial charge is 0.215 e. The summed E-state index contributed by atoms with van der Waals surface area (Å²) in [5, 5.41) is 13.8. The highest BCUT2D eigenvalue weighted by Gasteiger charge is 2.44. The number of ether oxygens (including phenoxy) is 2. The second-order valence-electron chi connectivity index (χ2n) is 6.22. The van der Waals surface area contributed by atoms with Crippen LogP contribution in [0.3, 0.4) is 0 Å². The van der Waals surface area contributed by atoms with Gasteiger partial charge in [0.2, 0.25) is 9.84 Å². The standard InChI is InChI=1S/C18H21NO5S2/c1-12(19-20)14-4-6-16(7-5-14)26(21,22)17-10-15(11-25-17)18(23-3)8-9-24-13(18)2/h4-7,10-11,13,20H,8-9H2,1-3H3/b19-12+/t13-,18-/m1/s1. The van der Waals surface area contributed by atoms with Gasteiger partial charge >= 0.3 is 0 Å². The number of nitrogens with zero attached hydrogens (tertiary/aromatic N) is 1. The van der Waals surface area contributed by atoms with Crippen molar-refractivity contribution < 1.29 is 23.1 Å². The van der Waals surface area contributed by atoms with E-state index in [1.807, 2.05) is 12.3 Å². The van der Waals surface area contributed by atoms with Gasteiger partial charge in [0.15, 0.2) is 0 Å². The molecule has 1 aromatic carbocycles. The van der Waals surface area contributed by atoms with Crippen molar-refractivity contribution in [2.24, 2.45) is 5.16 Å². The van der Waals surface area contributed by atoms with Crippen LogP contribution >= 0.6 is 11.3 Å². The molecule has 140 valence electrons. The van der Waals surface area contributed by atoms with Gasteiger partial charge in [-0.2, -0.15) is 0 Å². The van der Waals surface area contributed by atoms with Crippen LogP contribution < -0.4 is 0 Å². The van der Waals surface area contributed by atoms with E-state index < -0.39 is 15.4 Å². The Morgan fingerprint density at radius 2 is 2.08 bits per heavy atom. The topological polar surface area (TPSA) is 85.2 Å². The number of hydrogen-bond donors (Lipinski definition) is 1. The monoisotopic (exact) mass is 395 g/mol. The second-order valence-corrected chi connectivity index (χ2v) is 9.31. The molecular weight excluding hydrogens is 374 g/mol. The molecule has 1 N–H and O–H groups in total. The Morgan fingerprint density at radius 3 is 2.62 bits per heavy atom. The number of thiophene rings is 1. The van der Waals surface area contributed by atoms with Crippen molar-refractivity contribution in [3.8, 4) is 0 Å². The number of sulfone groups is 1. The second kappa shape index (κ2) is 7.11. The fourth-order valence-electron chi connectivity index (χ4n) is 3.22. The Kier molecular flexibility index (Phi) is 5.21. The summed E-state index contributed by atoms with van der Waals surface area (Å²) in [7, 11) is -2.00. The summed E-state index contributed by atoms with van der Waals surface area (Å²) in [5.74, 6) is 0. The third-order valence-corrected chi connectivity index (χ3v) is 8.13. The summed E-state index contributed by atoms with van der Waals surface area (Å²) in [6, 6.07) is 7.97. The molecule has 0 amide bonds. The highest BCUT2D eigenvalue weighted by Crippen LogP contribution is 2.42. The zero-order valence-corrected chi connectivity index (χ0v) is 16.4. The molecule has 3 rings (SSSR count). The fraction of sp³-hybridized carbons (Fsp3) is 0.389. The molecule has 0 spiro atoms. The highest BCUT2D eigenvalue weighted by atomic mass is 32.2. The predicted molar refractivity (Wildman–Crippen MR) is 98.9 cm³/mol. The van der Waals surface area contributed by atoms with E-state index in [1.165, 1.54) is 23.5 Å². The molecule has 2 atom stereocenters. The number of benzene rings is 1. The third-order valence-electron chi connectivity index (χ3n) is 4.92. The lowest BCUT2D eigenvalue weighted by Crippen LogP contribution is -2.35. The summed E-state index contributed by atoms with van der Waals surface area (Å²) in [4.78, 5) is 0.197. The van der Waals surface area contributed by atoms with Gasteiger partial charge in [-0.05, 0) is 48.6 Å². The Balaban J connectivity index is 1.95. The van der Waals surface area contributed by atoms with E-state index in [0.29, 0.717) is 24.3 Å². The maximum atomic E-state index is 12.9. The average molecular weight is 396 g/mol. The first-order valence-electron chi connectivity index (χ1n) is 8.15. The molecule has 0 aliphatic carbocycles. The number of methoxy groups -OCH3 is 1. The molecule has 1 fully saturated rings. The van der Waals surface area contributed by atoms with Crippen LogP contribution in [0.15, 0.2) is 50.0 Å². The van der Waals surface area contributed by atoms with E-state index in [-0.39, 0.29) is 15.2 Å². The van der Waals surface area contributed by atoms with Crippen molar-refractivity contribution in [2.45, 2.75) is 41.1 Å². The quantitative estimate of drug-likeness (QED) is 0.476. The molecule has 2 aromatic rings. The first-order valence-corrected chi connectivity index (χ1v) is 10.5. The molecule has 1 aliphatic heterocycles. The van der Waals surface area contributed by atoms with E-state index >= 15 is 0 Å². The van der Waals surface area contributed by atoms with Crippen LogP contribution in [0.4, 0.5) is 0 Å². The molecule has 1 aliphatic rings. The van der Waals surface area contributed by atoms with Gasteiger partial charge in [-0.1, -0.05) is 17.3 Å². The molecule has 0 saturated carbocycles. The molecule has 1 saturated heterocycles. The Bertz CT molecular complexity index is 917. The van der Waals surface area contributed by atoms with Crippen LogP contribution in [0.5, 0.6) is 0 Å². The van der Waals surface area contributed by atoms with E-state index in [0.717, 1.165) is 5.56 Å². The minimum Gasteiger partial charge on any atom is -0.411 e. The van der Waals surface area contributed by atoms with Crippen LogP contribution in [-0.4, -0.2) is 39.2 Å². The molecular formula is C18H21NO5S2. The van der Waals surface area contributed by atoms with Gasteiger partial charge in [0, 0.05) is 13.5 Å². The summed E-state index contributed by atoms with van der Waals surface area (Å²) in [6.07, 6.45) is 0.549. The van der Waals surface area contributed by atoms with Crippen LogP contribution in [0, 0.1) is 0 Å². The van der Waals surface area contributed by atoms with Gasteiger partial charge in [0.05, 0.1) is 23.3 Å². The van der Waals surface area contributed by atoms with Gasteiger partial charge in [-0.15, -0.1) is 11.3 Å². The van der Waals surface area contributed by atoms with E-state index in [4.69, 9.17) is 14.7 Å².